The van der Waals surface area contributed by atoms with Crippen LogP contribution in [0.3, 0.4) is 0 Å². The lowest BCUT2D eigenvalue weighted by molar-refractivity contribution is -0.115. The Hall–Kier alpha value is -4.59. The summed E-state index contributed by atoms with van der Waals surface area (Å²) in [6.07, 6.45) is 0.227. The molecule has 0 atom stereocenters. The Morgan fingerprint density at radius 3 is 2.17 bits per heavy atom. The molecule has 0 aliphatic carbocycles. The predicted octanol–water partition coefficient (Wildman–Crippen LogP) is 5.47. The lowest BCUT2D eigenvalue weighted by Gasteiger charge is -2.11. The maximum absolute atomic E-state index is 12.5. The summed E-state index contributed by atoms with van der Waals surface area (Å²) in [6.45, 7) is 1.91. The first-order valence-corrected chi connectivity index (χ1v) is 11.1. The van der Waals surface area contributed by atoms with Crippen molar-refractivity contribution in [2.45, 2.75) is 13.3 Å². The van der Waals surface area contributed by atoms with Crippen LogP contribution in [0.2, 0.25) is 0 Å². The van der Waals surface area contributed by atoms with Crippen LogP contribution in [0, 0.1) is 6.92 Å². The second-order valence-electron chi connectivity index (χ2n) is 7.81. The number of aryl methyl sites for hydroxylation is 1. The SMILES string of the molecule is COc1ccc(Nc2cc(C)nc(Nc3ccc(NC(=O)Cc4ccccc4OC)cc3)n2)cc1. The van der Waals surface area contributed by atoms with Crippen LogP contribution in [0.4, 0.5) is 28.8 Å². The average Bonchev–Trinajstić information content (AvgIpc) is 2.85. The van der Waals surface area contributed by atoms with Gasteiger partial charge in [0.05, 0.1) is 20.6 Å². The highest BCUT2D eigenvalue weighted by Crippen LogP contribution is 2.23. The van der Waals surface area contributed by atoms with Crippen LogP contribution in [-0.4, -0.2) is 30.1 Å². The number of hydrogen-bond donors (Lipinski definition) is 3. The molecular formula is C27H27N5O3. The molecular weight excluding hydrogens is 442 g/mol. The van der Waals surface area contributed by atoms with E-state index in [0.29, 0.717) is 23.2 Å². The molecule has 0 bridgehead atoms. The highest BCUT2D eigenvalue weighted by molar-refractivity contribution is 5.92. The van der Waals surface area contributed by atoms with Crippen LogP contribution in [0.25, 0.3) is 0 Å². The fourth-order valence-corrected chi connectivity index (χ4v) is 3.50. The molecule has 4 aromatic rings. The average molecular weight is 470 g/mol. The normalized spacial score (nSPS) is 10.4. The lowest BCUT2D eigenvalue weighted by atomic mass is 10.1. The van der Waals surface area contributed by atoms with Gasteiger partial charge < -0.3 is 25.4 Å². The van der Waals surface area contributed by atoms with E-state index < -0.39 is 0 Å². The number of nitrogens with one attached hydrogen (secondary N) is 3. The minimum Gasteiger partial charge on any atom is -0.497 e. The fourth-order valence-electron chi connectivity index (χ4n) is 3.50. The van der Waals surface area contributed by atoms with Crippen LogP contribution < -0.4 is 25.4 Å². The van der Waals surface area contributed by atoms with E-state index in [1.54, 1.807) is 14.2 Å². The summed E-state index contributed by atoms with van der Waals surface area (Å²) in [5, 5.41) is 9.41. The molecule has 0 aliphatic rings. The van der Waals surface area contributed by atoms with Crippen LogP contribution >= 0.6 is 0 Å². The molecule has 178 valence electrons. The third kappa shape index (κ3) is 6.48. The summed E-state index contributed by atoms with van der Waals surface area (Å²) < 4.78 is 10.5. The van der Waals surface area contributed by atoms with Crippen molar-refractivity contribution in [2.24, 2.45) is 0 Å². The van der Waals surface area contributed by atoms with E-state index in [4.69, 9.17) is 9.47 Å². The quantitative estimate of drug-likeness (QED) is 0.299. The molecule has 0 aliphatic heterocycles. The third-order valence-electron chi connectivity index (χ3n) is 5.18. The molecule has 35 heavy (non-hydrogen) atoms. The Kier molecular flexibility index (Phi) is 7.42. The van der Waals surface area contributed by atoms with Gasteiger partial charge in [0.2, 0.25) is 11.9 Å². The topological polar surface area (TPSA) is 97.4 Å². The monoisotopic (exact) mass is 469 g/mol. The second kappa shape index (κ2) is 11.0. The number of carbonyl (C=O) groups is 1. The summed E-state index contributed by atoms with van der Waals surface area (Å²) in [6, 6.07) is 24.3. The number of methoxy groups -OCH3 is 2. The van der Waals surface area contributed by atoms with Gasteiger partial charge in [-0.2, -0.15) is 4.98 Å². The summed E-state index contributed by atoms with van der Waals surface area (Å²) in [7, 11) is 3.23. The Bertz CT molecular complexity index is 1290. The van der Waals surface area contributed by atoms with Gasteiger partial charge in [0.1, 0.15) is 17.3 Å². The number of amides is 1. The standard InChI is InChI=1S/C27H27N5O3/c1-18-16-25(29-20-12-14-23(34-2)15-13-20)32-27(28-18)31-22-10-8-21(9-11-22)30-26(33)17-19-6-4-5-7-24(19)35-3/h4-16H,17H2,1-3H3,(H,30,33)(H2,28,29,31,32). The Morgan fingerprint density at radius 1 is 0.800 bits per heavy atom. The molecule has 0 unspecified atom stereocenters. The van der Waals surface area contributed by atoms with E-state index in [-0.39, 0.29) is 12.3 Å². The maximum Gasteiger partial charge on any atom is 0.229 e. The van der Waals surface area contributed by atoms with E-state index in [9.17, 15) is 4.79 Å². The molecule has 1 heterocycles. The molecule has 3 N–H and O–H groups in total. The van der Waals surface area contributed by atoms with Crippen molar-refractivity contribution in [3.63, 3.8) is 0 Å². The van der Waals surface area contributed by atoms with Crippen LogP contribution in [0.1, 0.15) is 11.3 Å². The largest absolute Gasteiger partial charge is 0.497 e. The van der Waals surface area contributed by atoms with Crippen LogP contribution in [-0.2, 0) is 11.2 Å². The fraction of sp³-hybridized carbons (Fsp3) is 0.148. The zero-order valence-corrected chi connectivity index (χ0v) is 19.8. The van der Waals surface area contributed by atoms with E-state index in [1.807, 2.05) is 85.8 Å². The smallest absolute Gasteiger partial charge is 0.229 e. The van der Waals surface area contributed by atoms with Crippen LogP contribution in [0.5, 0.6) is 11.5 Å². The van der Waals surface area contributed by atoms with Gasteiger partial charge in [0.25, 0.3) is 0 Å². The van der Waals surface area contributed by atoms with Gasteiger partial charge in [-0.3, -0.25) is 4.79 Å². The molecule has 1 amide bonds. The molecule has 1 aromatic heterocycles. The summed E-state index contributed by atoms with van der Waals surface area (Å²) in [5.74, 6) is 2.50. The van der Waals surface area contributed by atoms with Crippen molar-refractivity contribution in [3.05, 3.63) is 90.1 Å². The molecule has 0 radical (unpaired) electrons. The van der Waals surface area contributed by atoms with Gasteiger partial charge in [-0.1, -0.05) is 18.2 Å². The summed E-state index contributed by atoms with van der Waals surface area (Å²) in [5.41, 5.74) is 4.04. The number of rotatable bonds is 9. The Morgan fingerprint density at radius 2 is 1.46 bits per heavy atom. The first-order valence-electron chi connectivity index (χ1n) is 11.1. The molecule has 8 nitrogen and oxygen atoms in total. The van der Waals surface area contributed by atoms with Gasteiger partial charge in [-0.25, -0.2) is 4.98 Å². The summed E-state index contributed by atoms with van der Waals surface area (Å²) >= 11 is 0. The van der Waals surface area contributed by atoms with E-state index in [1.165, 1.54) is 0 Å². The second-order valence-corrected chi connectivity index (χ2v) is 7.81. The van der Waals surface area contributed by atoms with Crippen molar-refractivity contribution >= 4 is 34.7 Å². The van der Waals surface area contributed by atoms with Crippen molar-refractivity contribution in [1.82, 2.24) is 9.97 Å². The zero-order chi connectivity index (χ0) is 24.6. The van der Waals surface area contributed by atoms with Gasteiger partial charge in [-0.05, 0) is 61.5 Å². The van der Waals surface area contributed by atoms with Crippen molar-refractivity contribution < 1.29 is 14.3 Å². The minimum atomic E-state index is -0.119. The molecule has 3 aromatic carbocycles. The lowest BCUT2D eigenvalue weighted by Crippen LogP contribution is -2.14. The molecule has 0 saturated carbocycles. The van der Waals surface area contributed by atoms with Crippen LogP contribution in [0.15, 0.2) is 78.9 Å². The molecule has 0 saturated heterocycles. The van der Waals surface area contributed by atoms with Gasteiger partial charge in [-0.15, -0.1) is 0 Å². The number of aromatic nitrogens is 2. The predicted molar refractivity (Wildman–Crippen MR) is 138 cm³/mol. The number of para-hydroxylation sites is 1. The summed E-state index contributed by atoms with van der Waals surface area (Å²) in [4.78, 5) is 21.5. The number of anilines is 5. The zero-order valence-electron chi connectivity index (χ0n) is 19.8. The van der Waals surface area contributed by atoms with Crippen molar-refractivity contribution in [1.29, 1.82) is 0 Å². The third-order valence-corrected chi connectivity index (χ3v) is 5.18. The molecule has 0 spiro atoms. The number of nitrogens with zero attached hydrogens (tertiary/aromatic N) is 2. The Balaban J connectivity index is 1.38. The first kappa shape index (κ1) is 23.6. The molecule has 0 fully saturated rings. The number of benzene rings is 3. The first-order chi connectivity index (χ1) is 17.0. The number of carbonyl (C=O) groups excluding carboxylic acids is 1. The Labute approximate surface area is 204 Å². The van der Waals surface area contributed by atoms with Crippen molar-refractivity contribution in [2.75, 3.05) is 30.2 Å². The van der Waals surface area contributed by atoms with E-state index in [2.05, 4.69) is 25.9 Å². The molecule has 8 heteroatoms. The van der Waals surface area contributed by atoms with Crippen molar-refractivity contribution in [3.8, 4) is 11.5 Å². The van der Waals surface area contributed by atoms with Gasteiger partial charge >= 0.3 is 0 Å². The van der Waals surface area contributed by atoms with Gasteiger partial charge in [0, 0.05) is 34.4 Å². The van der Waals surface area contributed by atoms with E-state index >= 15 is 0 Å². The molecule has 4 rings (SSSR count). The van der Waals surface area contributed by atoms with E-state index in [0.717, 1.165) is 28.4 Å². The maximum atomic E-state index is 12.5. The highest BCUT2D eigenvalue weighted by Gasteiger charge is 2.09. The minimum absolute atomic E-state index is 0.119. The number of ether oxygens (including phenoxy) is 2. The number of hydrogen-bond acceptors (Lipinski definition) is 7. The van der Waals surface area contributed by atoms with Gasteiger partial charge in [0.15, 0.2) is 0 Å². The highest BCUT2D eigenvalue weighted by atomic mass is 16.5.